The van der Waals surface area contributed by atoms with Gasteiger partial charge in [0.05, 0.1) is 6.04 Å². The van der Waals surface area contributed by atoms with E-state index >= 15 is 0 Å². The Balaban J connectivity index is 1.34. The van der Waals surface area contributed by atoms with Crippen molar-refractivity contribution in [1.82, 2.24) is 9.80 Å². The molecule has 5 rings (SSSR count). The van der Waals surface area contributed by atoms with Crippen LogP contribution in [0.2, 0.25) is 0 Å². The van der Waals surface area contributed by atoms with E-state index < -0.39 is 0 Å². The predicted octanol–water partition coefficient (Wildman–Crippen LogP) is 5.42. The maximum absolute atomic E-state index is 13.7. The summed E-state index contributed by atoms with van der Waals surface area (Å²) in [5.41, 5.74) is 4.00. The lowest BCUT2D eigenvalue weighted by atomic mass is 10.00. The fourth-order valence-corrected chi connectivity index (χ4v) is 5.65. The highest BCUT2D eigenvalue weighted by Gasteiger charge is 2.35. The number of ether oxygens (including phenoxy) is 1. The normalized spacial score (nSPS) is 17.1. The molecular weight excluding hydrogens is 456 g/mol. The fraction of sp³-hybridized carbons (Fsp3) is 0.379. The summed E-state index contributed by atoms with van der Waals surface area (Å²) in [4.78, 5) is 32.1. The first kappa shape index (κ1) is 23.6. The summed E-state index contributed by atoms with van der Waals surface area (Å²) in [7, 11) is 0. The van der Waals surface area contributed by atoms with Gasteiger partial charge in [0.15, 0.2) is 0 Å². The topological polar surface area (TPSA) is 49.9 Å². The SMILES string of the molecule is Cc1ccc(C(=O)N(CC(=O)N2CCc3sccc3[C@@H]2COc2ccccc2C)CC2CC2)cc1. The predicted molar refractivity (Wildman–Crippen MR) is 139 cm³/mol. The standard InChI is InChI=1S/C29H32N2O3S/c1-20-7-11-23(12-8-20)29(33)30(17-22-9-10-22)18-28(32)31-15-13-27-24(14-16-35-27)25(31)19-34-26-6-4-3-5-21(26)2/h3-8,11-12,14,16,22,25H,9-10,13,15,17-19H2,1-2H3/t25-/m0/s1. The van der Waals surface area contributed by atoms with Gasteiger partial charge in [-0.05, 0) is 79.8 Å². The maximum Gasteiger partial charge on any atom is 0.254 e. The number of hydrogen-bond acceptors (Lipinski definition) is 4. The Labute approximate surface area is 211 Å². The number of nitrogens with zero attached hydrogens (tertiary/aromatic N) is 2. The second-order valence-corrected chi connectivity index (χ2v) is 10.7. The lowest BCUT2D eigenvalue weighted by molar-refractivity contribution is -0.135. The molecule has 3 aromatic rings. The summed E-state index contributed by atoms with van der Waals surface area (Å²) in [6.07, 6.45) is 3.09. The Morgan fingerprint density at radius 3 is 2.57 bits per heavy atom. The van der Waals surface area contributed by atoms with Crippen molar-refractivity contribution >= 4 is 23.2 Å². The highest BCUT2D eigenvalue weighted by atomic mass is 32.1. The third-order valence-electron chi connectivity index (χ3n) is 6.99. The Bertz CT molecular complexity index is 1200. The van der Waals surface area contributed by atoms with Crippen LogP contribution in [-0.4, -0.2) is 47.9 Å². The van der Waals surface area contributed by atoms with Crippen molar-refractivity contribution < 1.29 is 14.3 Å². The largest absolute Gasteiger partial charge is 0.491 e. The molecule has 0 unspecified atom stereocenters. The summed E-state index contributed by atoms with van der Waals surface area (Å²) >= 11 is 1.74. The Kier molecular flexibility index (Phi) is 6.91. The van der Waals surface area contributed by atoms with E-state index in [0.29, 0.717) is 31.2 Å². The molecule has 0 saturated heterocycles. The zero-order chi connectivity index (χ0) is 24.4. The third kappa shape index (κ3) is 5.43. The molecule has 1 atom stereocenters. The molecule has 2 heterocycles. The second-order valence-electron chi connectivity index (χ2n) is 9.72. The Morgan fingerprint density at radius 2 is 1.83 bits per heavy atom. The van der Waals surface area contributed by atoms with Gasteiger partial charge in [-0.25, -0.2) is 0 Å². The minimum Gasteiger partial charge on any atom is -0.491 e. The summed E-state index contributed by atoms with van der Waals surface area (Å²) in [5.74, 6) is 1.27. The van der Waals surface area contributed by atoms with Gasteiger partial charge >= 0.3 is 0 Å². The number of rotatable bonds is 8. The molecule has 1 aromatic heterocycles. The number of fused-ring (bicyclic) bond motifs is 1. The van der Waals surface area contributed by atoms with Crippen molar-refractivity contribution in [2.45, 2.75) is 39.2 Å². The zero-order valence-corrected chi connectivity index (χ0v) is 21.2. The van der Waals surface area contributed by atoms with Crippen LogP contribution in [0.15, 0.2) is 60.0 Å². The van der Waals surface area contributed by atoms with E-state index in [2.05, 4.69) is 11.4 Å². The van der Waals surface area contributed by atoms with Gasteiger partial charge in [-0.1, -0.05) is 35.9 Å². The summed E-state index contributed by atoms with van der Waals surface area (Å²) in [6, 6.07) is 17.5. The van der Waals surface area contributed by atoms with Crippen LogP contribution in [0.1, 0.15) is 50.8 Å². The van der Waals surface area contributed by atoms with Gasteiger partial charge in [-0.3, -0.25) is 9.59 Å². The van der Waals surface area contributed by atoms with E-state index in [1.165, 1.54) is 10.4 Å². The molecule has 35 heavy (non-hydrogen) atoms. The molecule has 0 bridgehead atoms. The van der Waals surface area contributed by atoms with Gasteiger partial charge in [0.2, 0.25) is 5.91 Å². The lowest BCUT2D eigenvalue weighted by Crippen LogP contribution is -2.48. The van der Waals surface area contributed by atoms with Crippen molar-refractivity contribution in [3.8, 4) is 5.75 Å². The minimum absolute atomic E-state index is 0.0126. The molecule has 6 heteroatoms. The van der Waals surface area contributed by atoms with Crippen molar-refractivity contribution in [3.05, 3.63) is 87.1 Å². The monoisotopic (exact) mass is 488 g/mol. The molecule has 1 aliphatic heterocycles. The van der Waals surface area contributed by atoms with Gasteiger partial charge in [0.25, 0.3) is 5.91 Å². The van der Waals surface area contributed by atoms with Crippen LogP contribution >= 0.6 is 11.3 Å². The first-order valence-corrected chi connectivity index (χ1v) is 13.3. The number of benzene rings is 2. The van der Waals surface area contributed by atoms with Crippen molar-refractivity contribution in [3.63, 3.8) is 0 Å². The van der Waals surface area contributed by atoms with E-state index in [1.54, 1.807) is 16.2 Å². The molecule has 0 radical (unpaired) electrons. The van der Waals surface area contributed by atoms with Gasteiger partial charge in [0.1, 0.15) is 18.9 Å². The molecule has 1 aliphatic carbocycles. The number of carbonyl (C=O) groups excluding carboxylic acids is 2. The van der Waals surface area contributed by atoms with E-state index in [0.717, 1.165) is 36.1 Å². The molecular formula is C29H32N2O3S. The van der Waals surface area contributed by atoms with Crippen LogP contribution in [0, 0.1) is 19.8 Å². The number of amides is 2. The van der Waals surface area contributed by atoms with Gasteiger partial charge in [-0.15, -0.1) is 11.3 Å². The highest BCUT2D eigenvalue weighted by Crippen LogP contribution is 2.35. The number of aryl methyl sites for hydroxylation is 2. The quantitative estimate of drug-likeness (QED) is 0.425. The van der Waals surface area contributed by atoms with Crippen LogP contribution in [0.3, 0.4) is 0 Å². The van der Waals surface area contributed by atoms with E-state index in [9.17, 15) is 9.59 Å². The van der Waals surface area contributed by atoms with E-state index in [1.807, 2.05) is 67.3 Å². The van der Waals surface area contributed by atoms with Crippen molar-refractivity contribution in [2.24, 2.45) is 5.92 Å². The van der Waals surface area contributed by atoms with Gasteiger partial charge in [0, 0.05) is 23.5 Å². The number of hydrogen-bond donors (Lipinski definition) is 0. The molecule has 1 saturated carbocycles. The Hall–Kier alpha value is -3.12. The minimum atomic E-state index is -0.158. The number of carbonyl (C=O) groups is 2. The Morgan fingerprint density at radius 1 is 1.06 bits per heavy atom. The van der Waals surface area contributed by atoms with Gasteiger partial charge in [-0.2, -0.15) is 0 Å². The highest BCUT2D eigenvalue weighted by molar-refractivity contribution is 7.10. The third-order valence-corrected chi connectivity index (χ3v) is 7.99. The van der Waals surface area contributed by atoms with E-state index in [-0.39, 0.29) is 24.4 Å². The average Bonchev–Trinajstić information content (AvgIpc) is 3.55. The van der Waals surface area contributed by atoms with Gasteiger partial charge < -0.3 is 14.5 Å². The first-order valence-electron chi connectivity index (χ1n) is 12.4. The molecule has 2 aliphatic rings. The molecule has 2 aromatic carbocycles. The lowest BCUT2D eigenvalue weighted by Gasteiger charge is -2.37. The van der Waals surface area contributed by atoms with E-state index in [4.69, 9.17) is 4.74 Å². The van der Waals surface area contributed by atoms with Crippen LogP contribution < -0.4 is 4.74 Å². The smallest absolute Gasteiger partial charge is 0.254 e. The molecule has 0 N–H and O–H groups in total. The van der Waals surface area contributed by atoms with Crippen LogP contribution in [0.5, 0.6) is 5.75 Å². The summed E-state index contributed by atoms with van der Waals surface area (Å²) in [5, 5.41) is 2.10. The number of thiophene rings is 1. The molecule has 182 valence electrons. The molecule has 1 fully saturated rings. The second kappa shape index (κ2) is 10.2. The van der Waals surface area contributed by atoms with Crippen molar-refractivity contribution in [2.75, 3.05) is 26.2 Å². The summed E-state index contributed by atoms with van der Waals surface area (Å²) in [6.45, 7) is 5.82. The maximum atomic E-state index is 13.7. The zero-order valence-electron chi connectivity index (χ0n) is 20.4. The van der Waals surface area contributed by atoms with Crippen LogP contribution in [0.4, 0.5) is 0 Å². The molecule has 5 nitrogen and oxygen atoms in total. The fourth-order valence-electron chi connectivity index (χ4n) is 4.73. The first-order chi connectivity index (χ1) is 17.0. The number of para-hydroxylation sites is 1. The van der Waals surface area contributed by atoms with Crippen molar-refractivity contribution in [1.29, 1.82) is 0 Å². The average molecular weight is 489 g/mol. The van der Waals surface area contributed by atoms with Crippen LogP contribution in [0.25, 0.3) is 0 Å². The molecule has 0 spiro atoms. The summed E-state index contributed by atoms with van der Waals surface area (Å²) < 4.78 is 6.22. The van der Waals surface area contributed by atoms with Crippen LogP contribution in [-0.2, 0) is 11.2 Å². The molecule has 2 amide bonds.